The van der Waals surface area contributed by atoms with Crippen LogP contribution in [0.15, 0.2) is 42.5 Å². The normalized spacial score (nSPS) is 16.0. The van der Waals surface area contributed by atoms with Gasteiger partial charge in [-0.3, -0.25) is 9.59 Å². The van der Waals surface area contributed by atoms with Crippen LogP contribution in [0.5, 0.6) is 5.75 Å². The molecule has 0 bridgehead atoms. The number of carbonyl (C=O) groups is 2. The molecule has 1 heterocycles. The Morgan fingerprint density at radius 1 is 1.18 bits per heavy atom. The Hall–Kier alpha value is -2.82. The summed E-state index contributed by atoms with van der Waals surface area (Å²) in [6, 6.07) is 13.7. The highest BCUT2D eigenvalue weighted by Crippen LogP contribution is 2.36. The van der Waals surface area contributed by atoms with Crippen molar-refractivity contribution in [1.82, 2.24) is 0 Å². The number of hydrogen-bond acceptors (Lipinski definition) is 3. The van der Waals surface area contributed by atoms with Crippen LogP contribution in [-0.4, -0.2) is 24.5 Å². The van der Waals surface area contributed by atoms with E-state index in [9.17, 15) is 9.59 Å². The molecule has 0 saturated heterocycles. The van der Waals surface area contributed by atoms with Crippen molar-refractivity contribution in [3.05, 3.63) is 53.6 Å². The fourth-order valence-corrected chi connectivity index (χ4v) is 3.28. The van der Waals surface area contributed by atoms with Crippen LogP contribution in [0.25, 0.3) is 0 Å². The fourth-order valence-electron chi connectivity index (χ4n) is 3.28. The van der Waals surface area contributed by atoms with Gasteiger partial charge >= 0.3 is 0 Å². The molecule has 5 nitrogen and oxygen atoms in total. The number of hydrogen-bond donors (Lipinski definition) is 1. The van der Waals surface area contributed by atoms with E-state index < -0.39 is 6.10 Å². The Morgan fingerprint density at radius 2 is 1.89 bits per heavy atom. The zero-order valence-corrected chi connectivity index (χ0v) is 17.0. The lowest BCUT2D eigenvalue weighted by Crippen LogP contribution is -2.46. The number of aryl methyl sites for hydroxylation is 2. The van der Waals surface area contributed by atoms with E-state index in [2.05, 4.69) is 43.4 Å². The summed E-state index contributed by atoms with van der Waals surface area (Å²) in [5.74, 6) is 0.905. The monoisotopic (exact) mass is 380 g/mol. The number of nitrogens with zero attached hydrogens (tertiary/aromatic N) is 1. The van der Waals surface area contributed by atoms with Crippen molar-refractivity contribution in [3.63, 3.8) is 0 Å². The first-order valence-corrected chi connectivity index (χ1v) is 9.81. The summed E-state index contributed by atoms with van der Waals surface area (Å²) in [6.07, 6.45) is 0.579. The Bertz CT molecular complexity index is 859. The second-order valence-electron chi connectivity index (χ2n) is 7.82. The number of benzene rings is 2. The topological polar surface area (TPSA) is 58.6 Å². The van der Waals surface area contributed by atoms with Crippen molar-refractivity contribution in [2.24, 2.45) is 5.92 Å². The molecule has 0 spiro atoms. The number of anilines is 2. The molecule has 0 aromatic heterocycles. The zero-order chi connectivity index (χ0) is 20.3. The number of fused-ring (bicyclic) bond motifs is 1. The summed E-state index contributed by atoms with van der Waals surface area (Å²) in [4.78, 5) is 26.6. The summed E-state index contributed by atoms with van der Waals surface area (Å²) in [6.45, 7) is 8.60. The van der Waals surface area contributed by atoms with E-state index in [4.69, 9.17) is 4.74 Å². The minimum Gasteiger partial charge on any atom is -0.479 e. The predicted octanol–water partition coefficient (Wildman–Crippen LogP) is 4.34. The van der Waals surface area contributed by atoms with Crippen molar-refractivity contribution in [3.8, 4) is 5.75 Å². The van der Waals surface area contributed by atoms with Crippen LogP contribution in [0.2, 0.25) is 0 Å². The lowest BCUT2D eigenvalue weighted by atomic mass is 10.1. The molecule has 1 atom stereocenters. The van der Waals surface area contributed by atoms with Crippen LogP contribution in [-0.2, 0) is 16.0 Å². The van der Waals surface area contributed by atoms with Crippen LogP contribution in [0.4, 0.5) is 11.4 Å². The van der Waals surface area contributed by atoms with Crippen LogP contribution in [0, 0.1) is 12.8 Å². The van der Waals surface area contributed by atoms with E-state index in [1.165, 1.54) is 5.56 Å². The van der Waals surface area contributed by atoms with Crippen molar-refractivity contribution in [1.29, 1.82) is 0 Å². The number of ether oxygens (including phenoxy) is 1. The van der Waals surface area contributed by atoms with Gasteiger partial charge < -0.3 is 15.0 Å². The van der Waals surface area contributed by atoms with Gasteiger partial charge in [-0.05, 0) is 43.9 Å². The molecule has 0 aliphatic carbocycles. The Morgan fingerprint density at radius 3 is 2.57 bits per heavy atom. The smallest absolute Gasteiger partial charge is 0.267 e. The van der Waals surface area contributed by atoms with Gasteiger partial charge in [-0.15, -0.1) is 0 Å². The SMILES string of the molecule is Cc1ccc(CCC(=O)Nc2ccc3c(c2)OC(C)C(=O)N3CC(C)C)cc1. The Labute approximate surface area is 166 Å². The molecule has 28 heavy (non-hydrogen) atoms. The second-order valence-corrected chi connectivity index (χ2v) is 7.82. The third kappa shape index (κ3) is 4.71. The highest BCUT2D eigenvalue weighted by Gasteiger charge is 2.31. The third-order valence-corrected chi connectivity index (χ3v) is 4.76. The lowest BCUT2D eigenvalue weighted by molar-refractivity contribution is -0.125. The van der Waals surface area contributed by atoms with Gasteiger partial charge in [0, 0.05) is 24.7 Å². The predicted molar refractivity (Wildman–Crippen MR) is 112 cm³/mol. The maximum atomic E-state index is 12.5. The van der Waals surface area contributed by atoms with Gasteiger partial charge in [-0.25, -0.2) is 0 Å². The van der Waals surface area contributed by atoms with Gasteiger partial charge in [0.2, 0.25) is 5.91 Å². The molecule has 2 amide bonds. The number of amides is 2. The van der Waals surface area contributed by atoms with Crippen molar-refractivity contribution in [2.45, 2.75) is 46.6 Å². The minimum atomic E-state index is -0.529. The highest BCUT2D eigenvalue weighted by atomic mass is 16.5. The molecule has 1 aliphatic heterocycles. The minimum absolute atomic E-state index is 0.0314. The Balaban J connectivity index is 1.67. The largest absolute Gasteiger partial charge is 0.479 e. The maximum Gasteiger partial charge on any atom is 0.267 e. The molecular weight excluding hydrogens is 352 g/mol. The van der Waals surface area contributed by atoms with Crippen molar-refractivity contribution in [2.75, 3.05) is 16.8 Å². The van der Waals surface area contributed by atoms with Crippen LogP contribution >= 0.6 is 0 Å². The van der Waals surface area contributed by atoms with Crippen molar-refractivity contribution < 1.29 is 14.3 Å². The first-order valence-electron chi connectivity index (χ1n) is 9.81. The maximum absolute atomic E-state index is 12.5. The fraction of sp³-hybridized carbons (Fsp3) is 0.391. The molecular formula is C23H28N2O3. The summed E-state index contributed by atoms with van der Waals surface area (Å²) in [7, 11) is 0. The number of rotatable bonds is 6. The summed E-state index contributed by atoms with van der Waals surface area (Å²) < 4.78 is 5.78. The van der Waals surface area contributed by atoms with Gasteiger partial charge in [0.15, 0.2) is 6.10 Å². The molecule has 1 unspecified atom stereocenters. The van der Waals surface area contributed by atoms with E-state index in [0.717, 1.165) is 11.3 Å². The third-order valence-electron chi connectivity index (χ3n) is 4.76. The lowest BCUT2D eigenvalue weighted by Gasteiger charge is -2.34. The standard InChI is InChI=1S/C23H28N2O3/c1-15(2)14-25-20-11-10-19(13-21(20)28-17(4)23(25)27)24-22(26)12-9-18-7-5-16(3)6-8-18/h5-8,10-11,13,15,17H,9,12,14H2,1-4H3,(H,24,26). The van der Waals surface area contributed by atoms with Gasteiger partial charge in [0.05, 0.1) is 5.69 Å². The highest BCUT2D eigenvalue weighted by molar-refractivity contribution is 6.00. The molecule has 1 aliphatic rings. The van der Waals surface area contributed by atoms with Crippen LogP contribution < -0.4 is 15.0 Å². The molecule has 148 valence electrons. The van der Waals surface area contributed by atoms with Crippen LogP contribution in [0.1, 0.15) is 38.3 Å². The van der Waals surface area contributed by atoms with Gasteiger partial charge in [0.1, 0.15) is 5.75 Å². The van der Waals surface area contributed by atoms with Crippen LogP contribution in [0.3, 0.4) is 0 Å². The van der Waals surface area contributed by atoms with E-state index in [1.807, 2.05) is 19.1 Å². The molecule has 5 heteroatoms. The second kappa shape index (κ2) is 8.46. The molecule has 0 saturated carbocycles. The molecule has 0 fully saturated rings. The average molecular weight is 380 g/mol. The first-order chi connectivity index (χ1) is 13.3. The van der Waals surface area contributed by atoms with E-state index >= 15 is 0 Å². The quantitative estimate of drug-likeness (QED) is 0.811. The number of carbonyl (C=O) groups excluding carboxylic acids is 2. The zero-order valence-electron chi connectivity index (χ0n) is 17.0. The summed E-state index contributed by atoms with van der Waals surface area (Å²) >= 11 is 0. The average Bonchev–Trinajstić information content (AvgIpc) is 2.64. The first kappa shape index (κ1) is 19.9. The van der Waals surface area contributed by atoms with Gasteiger partial charge in [0.25, 0.3) is 5.91 Å². The molecule has 3 rings (SSSR count). The number of nitrogens with one attached hydrogen (secondary N) is 1. The van der Waals surface area contributed by atoms with Gasteiger partial charge in [-0.1, -0.05) is 43.7 Å². The molecule has 2 aromatic rings. The van der Waals surface area contributed by atoms with E-state index in [0.29, 0.717) is 36.7 Å². The molecule has 1 N–H and O–H groups in total. The summed E-state index contributed by atoms with van der Waals surface area (Å²) in [5.41, 5.74) is 3.79. The Kier molecular flexibility index (Phi) is 6.02. The van der Waals surface area contributed by atoms with E-state index in [-0.39, 0.29) is 11.8 Å². The summed E-state index contributed by atoms with van der Waals surface area (Å²) in [5, 5.41) is 2.93. The van der Waals surface area contributed by atoms with Gasteiger partial charge in [-0.2, -0.15) is 0 Å². The van der Waals surface area contributed by atoms with E-state index in [1.54, 1.807) is 17.9 Å². The van der Waals surface area contributed by atoms with Crippen molar-refractivity contribution >= 4 is 23.2 Å². The molecule has 0 radical (unpaired) electrons. The molecule has 2 aromatic carbocycles.